The quantitative estimate of drug-likeness (QED) is 0.430. The van der Waals surface area contributed by atoms with Crippen molar-refractivity contribution in [3.8, 4) is 0 Å². The molecule has 0 rings (SSSR count). The molecule has 0 spiro atoms. The Morgan fingerprint density at radius 3 is 2.43 bits per heavy atom. The maximum absolute atomic E-state index is 8.49. The second-order valence-corrected chi connectivity index (χ2v) is 1.62. The van der Waals surface area contributed by atoms with Crippen LogP contribution in [0.3, 0.4) is 0 Å². The largest absolute Gasteiger partial charge is 0.508 e. The highest BCUT2D eigenvalue weighted by atomic mass is 27.1. The van der Waals surface area contributed by atoms with Crippen LogP contribution < -0.4 is 0 Å². The number of aliphatic hydroxyl groups excluding tert-OH is 2. The Hall–Kier alpha value is 0.412. The summed E-state index contributed by atoms with van der Waals surface area (Å²) in [6, 6.07) is 0. The van der Waals surface area contributed by atoms with Gasteiger partial charge >= 0.3 is 16.6 Å². The number of rotatable bonds is 3. The van der Waals surface area contributed by atoms with Gasteiger partial charge in [-0.25, -0.2) is 0 Å². The van der Waals surface area contributed by atoms with E-state index in [1.807, 2.05) is 0 Å². The van der Waals surface area contributed by atoms with Crippen LogP contribution in [-0.4, -0.2) is 46.2 Å². The molecule has 1 atom stereocenters. The van der Waals surface area contributed by atoms with Crippen LogP contribution in [0.4, 0.5) is 0 Å². The van der Waals surface area contributed by atoms with Crippen molar-refractivity contribution in [1.82, 2.24) is 0 Å². The van der Waals surface area contributed by atoms with Gasteiger partial charge in [0.25, 0.3) is 0 Å². The molecular weight excluding hydrogens is 111 g/mol. The van der Waals surface area contributed by atoms with Crippen molar-refractivity contribution >= 4 is 16.6 Å². The molecule has 7 heavy (non-hydrogen) atoms. The van der Waals surface area contributed by atoms with Gasteiger partial charge in [-0.05, 0) is 0 Å². The van der Waals surface area contributed by atoms with E-state index in [0.717, 1.165) is 0 Å². The first-order valence-corrected chi connectivity index (χ1v) is 2.55. The van der Waals surface area contributed by atoms with Crippen LogP contribution in [0.15, 0.2) is 0 Å². The lowest BCUT2D eigenvalue weighted by molar-refractivity contribution is 0.0565. The summed E-state index contributed by atoms with van der Waals surface area (Å²) in [4.78, 5) is 0. The van der Waals surface area contributed by atoms with Crippen molar-refractivity contribution in [3.63, 3.8) is 0 Å². The molecule has 0 aromatic rings. The van der Waals surface area contributed by atoms with Crippen LogP contribution >= 0.6 is 0 Å². The minimum Gasteiger partial charge on any atom is -0.508 e. The van der Waals surface area contributed by atoms with Crippen molar-refractivity contribution in [2.45, 2.75) is 6.10 Å². The fourth-order valence-corrected chi connectivity index (χ4v) is 0.461. The minimum absolute atomic E-state index is 0.217. The third-order valence-corrected chi connectivity index (χ3v) is 0.757. The van der Waals surface area contributed by atoms with Crippen LogP contribution in [0.2, 0.25) is 0 Å². The van der Waals surface area contributed by atoms with E-state index in [9.17, 15) is 0 Å². The predicted octanol–water partition coefficient (Wildman–Crippen LogP) is -1.83. The summed E-state index contributed by atoms with van der Waals surface area (Å²) >= 11 is 1.30. The summed E-state index contributed by atoms with van der Waals surface area (Å²) in [6.07, 6.45) is -0.711. The molecule has 0 aliphatic carbocycles. The van der Waals surface area contributed by atoms with Gasteiger partial charge in [-0.1, -0.05) is 0 Å². The lowest BCUT2D eigenvalue weighted by Crippen LogP contribution is -2.18. The molecule has 0 bridgehead atoms. The van der Waals surface area contributed by atoms with Gasteiger partial charge in [0.1, 0.15) is 0 Å². The van der Waals surface area contributed by atoms with Crippen molar-refractivity contribution in [2.75, 3.05) is 13.2 Å². The third-order valence-electron chi connectivity index (χ3n) is 0.521. The van der Waals surface area contributed by atoms with E-state index < -0.39 is 6.10 Å². The Morgan fingerprint density at radius 1 is 1.71 bits per heavy atom. The van der Waals surface area contributed by atoms with E-state index in [1.165, 1.54) is 16.6 Å². The van der Waals surface area contributed by atoms with Crippen molar-refractivity contribution in [2.24, 2.45) is 0 Å². The maximum atomic E-state index is 8.49. The first-order valence-electron chi connectivity index (χ1n) is 1.97. The second-order valence-electron chi connectivity index (χ2n) is 1.21. The molecule has 0 saturated heterocycles. The molecule has 0 aliphatic rings. The number of hydrogen-bond acceptors (Lipinski definition) is 3. The molecule has 0 fully saturated rings. The average Bonchev–Trinajstić information content (AvgIpc) is 1.68. The highest BCUT2D eigenvalue weighted by molar-refractivity contribution is 5.97. The normalized spacial score (nSPS) is 14.0. The minimum atomic E-state index is -0.711. The molecule has 1 radical (unpaired) electrons. The van der Waals surface area contributed by atoms with E-state index in [0.29, 0.717) is 0 Å². The molecule has 2 N–H and O–H groups in total. The van der Waals surface area contributed by atoms with Crippen molar-refractivity contribution in [1.29, 1.82) is 0 Å². The molecule has 0 aromatic carbocycles. The van der Waals surface area contributed by atoms with Crippen LogP contribution in [0.1, 0.15) is 0 Å². The van der Waals surface area contributed by atoms with Gasteiger partial charge in [0.15, 0.2) is 0 Å². The second kappa shape index (κ2) is 4.57. The van der Waals surface area contributed by atoms with Gasteiger partial charge in [-0.15, -0.1) is 0 Å². The average molecular weight is 119 g/mol. The number of aliphatic hydroxyl groups is 2. The predicted molar refractivity (Wildman–Crippen MR) is 26.2 cm³/mol. The zero-order valence-corrected chi connectivity index (χ0v) is 5.42. The zero-order valence-electron chi connectivity index (χ0n) is 4.00. The van der Waals surface area contributed by atoms with E-state index in [1.54, 1.807) is 0 Å². The summed E-state index contributed by atoms with van der Waals surface area (Å²) in [5.74, 6) is 0. The fraction of sp³-hybridized carbons (Fsp3) is 1.00. The Morgan fingerprint density at radius 2 is 2.29 bits per heavy atom. The summed E-state index contributed by atoms with van der Waals surface area (Å²) < 4.78 is 4.51. The molecule has 4 heteroatoms. The molecule has 41 valence electrons. The van der Waals surface area contributed by atoms with Gasteiger partial charge in [-0.3, -0.25) is 0 Å². The molecule has 0 aromatic heterocycles. The monoisotopic (exact) mass is 119 g/mol. The molecule has 0 amide bonds. The van der Waals surface area contributed by atoms with Crippen molar-refractivity contribution < 1.29 is 14.0 Å². The molecule has 0 saturated carbocycles. The highest BCUT2D eigenvalue weighted by Crippen LogP contribution is 1.77. The summed E-state index contributed by atoms with van der Waals surface area (Å²) in [5.41, 5.74) is 0. The van der Waals surface area contributed by atoms with Gasteiger partial charge in [-0.2, -0.15) is 0 Å². The third kappa shape index (κ3) is 4.26. The van der Waals surface area contributed by atoms with Crippen LogP contribution in [0.25, 0.3) is 0 Å². The van der Waals surface area contributed by atoms with E-state index >= 15 is 0 Å². The highest BCUT2D eigenvalue weighted by Gasteiger charge is 1.95. The van der Waals surface area contributed by atoms with Crippen LogP contribution in [0, 0.1) is 0 Å². The zero-order chi connectivity index (χ0) is 5.70. The molecule has 1 unspecified atom stereocenters. The molecule has 0 heterocycles. The fourth-order valence-electron chi connectivity index (χ4n) is 0.189. The Balaban J connectivity index is 2.83. The molecule has 3 nitrogen and oxygen atoms in total. The lowest BCUT2D eigenvalue weighted by atomic mass is 10.4. The Labute approximate surface area is 50.7 Å². The topological polar surface area (TPSA) is 49.7 Å². The SMILES string of the molecule is OCC(O)C[O][AlH]. The summed E-state index contributed by atoms with van der Waals surface area (Å²) in [5, 5.41) is 16.6. The Kier molecular flexibility index (Phi) is 4.84. The van der Waals surface area contributed by atoms with Gasteiger partial charge in [0.2, 0.25) is 0 Å². The van der Waals surface area contributed by atoms with Crippen molar-refractivity contribution in [3.05, 3.63) is 0 Å². The van der Waals surface area contributed by atoms with Gasteiger partial charge in [0.05, 0.1) is 12.7 Å². The first kappa shape index (κ1) is 7.41. The molecule has 0 aliphatic heterocycles. The Bertz CT molecular complexity index is 41.2. The summed E-state index contributed by atoms with van der Waals surface area (Å²) in [7, 11) is 0. The van der Waals surface area contributed by atoms with Gasteiger partial charge in [0, 0.05) is 6.61 Å². The van der Waals surface area contributed by atoms with Gasteiger partial charge < -0.3 is 14.0 Å². The molecular formula is C3H8AlO3. The van der Waals surface area contributed by atoms with E-state index in [2.05, 4.69) is 3.79 Å². The van der Waals surface area contributed by atoms with E-state index in [-0.39, 0.29) is 13.2 Å². The van der Waals surface area contributed by atoms with E-state index in [4.69, 9.17) is 10.2 Å². The number of hydrogen-bond donors (Lipinski definition) is 2. The summed E-state index contributed by atoms with van der Waals surface area (Å²) in [6.45, 7) is -0.00668. The standard InChI is InChI=1S/C3H7O3.Al.H/c4-1-3(6)2-5;;/h3-4,6H,1-2H2;;/q-1;+1;. The lowest BCUT2D eigenvalue weighted by Gasteiger charge is -2.03. The smallest absolute Gasteiger partial charge is 0.394 e. The first-order chi connectivity index (χ1) is 3.31. The maximum Gasteiger partial charge on any atom is 0.394 e. The van der Waals surface area contributed by atoms with Crippen LogP contribution in [0.5, 0.6) is 0 Å². The van der Waals surface area contributed by atoms with Crippen LogP contribution in [-0.2, 0) is 3.79 Å².